The van der Waals surface area contributed by atoms with E-state index in [0.717, 1.165) is 6.54 Å². The van der Waals surface area contributed by atoms with E-state index in [1.54, 1.807) is 4.90 Å². The molecule has 0 bridgehead atoms. The van der Waals surface area contributed by atoms with Gasteiger partial charge in [-0.15, -0.1) is 0 Å². The molecule has 1 unspecified atom stereocenters. The molecule has 0 aromatic heterocycles. The van der Waals surface area contributed by atoms with E-state index in [0.29, 0.717) is 17.9 Å². The zero-order valence-corrected chi connectivity index (χ0v) is 11.5. The highest BCUT2D eigenvalue weighted by Crippen LogP contribution is 2.51. The van der Waals surface area contributed by atoms with E-state index in [1.165, 1.54) is 12.8 Å². The van der Waals surface area contributed by atoms with Crippen LogP contribution in [0.2, 0.25) is 0 Å². The monoisotopic (exact) mass is 253 g/mol. The average molecular weight is 253 g/mol. The Hall–Kier alpha value is -1.26. The summed E-state index contributed by atoms with van der Waals surface area (Å²) in [6, 6.07) is -0.0689. The number of hydrogen-bond acceptors (Lipinski definition) is 2. The Morgan fingerprint density at radius 1 is 1.56 bits per heavy atom. The summed E-state index contributed by atoms with van der Waals surface area (Å²) in [5, 5.41) is 5.79. The molecule has 102 valence electrons. The van der Waals surface area contributed by atoms with Crippen molar-refractivity contribution in [1.82, 2.24) is 15.5 Å². The van der Waals surface area contributed by atoms with Crippen LogP contribution in [0.1, 0.15) is 33.6 Å². The summed E-state index contributed by atoms with van der Waals surface area (Å²) in [6.45, 7) is 7.81. The molecular weight excluding hydrogens is 230 g/mol. The van der Waals surface area contributed by atoms with Gasteiger partial charge in [-0.25, -0.2) is 4.79 Å². The van der Waals surface area contributed by atoms with Gasteiger partial charge in [0.25, 0.3) is 0 Å². The van der Waals surface area contributed by atoms with E-state index in [4.69, 9.17) is 0 Å². The van der Waals surface area contributed by atoms with Gasteiger partial charge in [0.15, 0.2) is 0 Å². The summed E-state index contributed by atoms with van der Waals surface area (Å²) < 4.78 is 0. The topological polar surface area (TPSA) is 61.4 Å². The first-order valence-corrected chi connectivity index (χ1v) is 6.75. The Labute approximate surface area is 108 Å². The Morgan fingerprint density at radius 3 is 2.72 bits per heavy atom. The molecule has 1 aliphatic heterocycles. The van der Waals surface area contributed by atoms with Gasteiger partial charge < -0.3 is 15.5 Å². The first kappa shape index (κ1) is 13.2. The number of rotatable bonds is 3. The number of piperazine rings is 1. The third kappa shape index (κ3) is 2.76. The minimum atomic E-state index is -0.108. The highest BCUT2D eigenvalue weighted by molar-refractivity contribution is 5.85. The minimum absolute atomic E-state index is 0.0389. The van der Waals surface area contributed by atoms with Crippen LogP contribution in [-0.4, -0.2) is 42.5 Å². The molecule has 18 heavy (non-hydrogen) atoms. The van der Waals surface area contributed by atoms with Crippen LogP contribution in [0.15, 0.2) is 0 Å². The molecule has 0 aromatic rings. The Balaban J connectivity index is 1.83. The summed E-state index contributed by atoms with van der Waals surface area (Å²) in [4.78, 5) is 25.0. The second-order valence-electron chi connectivity index (χ2n) is 6.02. The van der Waals surface area contributed by atoms with Gasteiger partial charge in [-0.05, 0) is 31.1 Å². The first-order valence-electron chi connectivity index (χ1n) is 6.75. The lowest BCUT2D eigenvalue weighted by molar-refractivity contribution is -0.124. The highest BCUT2D eigenvalue weighted by Gasteiger charge is 2.45. The van der Waals surface area contributed by atoms with Crippen molar-refractivity contribution in [3.8, 4) is 0 Å². The van der Waals surface area contributed by atoms with Crippen molar-refractivity contribution in [1.29, 1.82) is 0 Å². The average Bonchev–Trinajstić information content (AvgIpc) is 3.05. The molecular formula is C13H23N3O2. The number of carbonyl (C=O) groups is 2. The zero-order chi connectivity index (χ0) is 13.3. The van der Waals surface area contributed by atoms with Gasteiger partial charge in [-0.1, -0.05) is 13.8 Å². The number of urea groups is 1. The van der Waals surface area contributed by atoms with E-state index < -0.39 is 0 Å². The Morgan fingerprint density at radius 2 is 2.22 bits per heavy atom. The SMILES string of the molecule is CC1CN(C(=O)NCC2(C(C)C)CC2)CC(=O)N1. The maximum atomic E-state index is 12.0. The van der Waals surface area contributed by atoms with Crippen molar-refractivity contribution < 1.29 is 9.59 Å². The molecule has 0 aromatic carbocycles. The van der Waals surface area contributed by atoms with Crippen molar-refractivity contribution in [3.05, 3.63) is 0 Å². The lowest BCUT2D eigenvalue weighted by Gasteiger charge is -2.32. The summed E-state index contributed by atoms with van der Waals surface area (Å²) >= 11 is 0. The molecule has 1 heterocycles. The standard InChI is InChI=1S/C13H23N3O2/c1-9(2)13(4-5-13)8-14-12(18)16-6-10(3)15-11(17)7-16/h9-10H,4-8H2,1-3H3,(H,14,18)(H,15,17). The predicted molar refractivity (Wildman–Crippen MR) is 69.1 cm³/mol. The maximum absolute atomic E-state index is 12.0. The quantitative estimate of drug-likeness (QED) is 0.786. The largest absolute Gasteiger partial charge is 0.350 e. The fourth-order valence-electron chi connectivity index (χ4n) is 2.57. The van der Waals surface area contributed by atoms with Crippen LogP contribution in [0.25, 0.3) is 0 Å². The van der Waals surface area contributed by atoms with Gasteiger partial charge in [-0.3, -0.25) is 4.79 Å². The second-order valence-corrected chi connectivity index (χ2v) is 6.02. The Bertz CT molecular complexity index is 350. The van der Waals surface area contributed by atoms with E-state index in [2.05, 4.69) is 24.5 Å². The van der Waals surface area contributed by atoms with Crippen LogP contribution in [-0.2, 0) is 4.79 Å². The Kier molecular flexibility index (Phi) is 3.50. The molecule has 5 heteroatoms. The maximum Gasteiger partial charge on any atom is 0.317 e. The molecule has 0 spiro atoms. The lowest BCUT2D eigenvalue weighted by atomic mass is 9.92. The smallest absolute Gasteiger partial charge is 0.317 e. The third-order valence-electron chi connectivity index (χ3n) is 4.23. The molecule has 1 saturated heterocycles. The van der Waals surface area contributed by atoms with Crippen LogP contribution < -0.4 is 10.6 Å². The van der Waals surface area contributed by atoms with E-state index >= 15 is 0 Å². The summed E-state index contributed by atoms with van der Waals surface area (Å²) in [7, 11) is 0. The fraction of sp³-hybridized carbons (Fsp3) is 0.846. The summed E-state index contributed by atoms with van der Waals surface area (Å²) in [6.07, 6.45) is 2.39. The van der Waals surface area contributed by atoms with Crippen molar-refractivity contribution in [2.24, 2.45) is 11.3 Å². The number of nitrogens with zero attached hydrogens (tertiary/aromatic N) is 1. The molecule has 1 atom stereocenters. The number of hydrogen-bond donors (Lipinski definition) is 2. The van der Waals surface area contributed by atoms with Crippen LogP contribution >= 0.6 is 0 Å². The number of carbonyl (C=O) groups excluding carboxylic acids is 2. The van der Waals surface area contributed by atoms with Gasteiger partial charge in [0.2, 0.25) is 5.91 Å². The van der Waals surface area contributed by atoms with Crippen molar-refractivity contribution >= 4 is 11.9 Å². The molecule has 1 aliphatic carbocycles. The van der Waals surface area contributed by atoms with Crippen LogP contribution in [0, 0.1) is 11.3 Å². The number of nitrogens with one attached hydrogen (secondary N) is 2. The zero-order valence-electron chi connectivity index (χ0n) is 11.5. The minimum Gasteiger partial charge on any atom is -0.350 e. The molecule has 2 N–H and O–H groups in total. The van der Waals surface area contributed by atoms with E-state index in [-0.39, 0.29) is 24.5 Å². The van der Waals surface area contributed by atoms with Crippen LogP contribution in [0.5, 0.6) is 0 Å². The van der Waals surface area contributed by atoms with E-state index in [9.17, 15) is 9.59 Å². The third-order valence-corrected chi connectivity index (χ3v) is 4.23. The summed E-state index contributed by atoms with van der Waals surface area (Å²) in [5.41, 5.74) is 0.305. The molecule has 2 aliphatic rings. The second kappa shape index (κ2) is 4.78. The van der Waals surface area contributed by atoms with E-state index in [1.807, 2.05) is 6.92 Å². The van der Waals surface area contributed by atoms with Crippen LogP contribution in [0.4, 0.5) is 4.79 Å². The molecule has 2 rings (SSSR count). The predicted octanol–water partition coefficient (Wildman–Crippen LogP) is 0.952. The number of amides is 3. The first-order chi connectivity index (χ1) is 8.43. The molecule has 0 radical (unpaired) electrons. The molecule has 2 fully saturated rings. The molecule has 3 amide bonds. The molecule has 1 saturated carbocycles. The van der Waals surface area contributed by atoms with Gasteiger partial charge in [0.05, 0.1) is 0 Å². The molecule has 5 nitrogen and oxygen atoms in total. The highest BCUT2D eigenvalue weighted by atomic mass is 16.2. The van der Waals surface area contributed by atoms with Crippen LogP contribution in [0.3, 0.4) is 0 Å². The lowest BCUT2D eigenvalue weighted by Crippen LogP contribution is -2.57. The normalized spacial score (nSPS) is 25.9. The van der Waals surface area contributed by atoms with Crippen molar-refractivity contribution in [2.75, 3.05) is 19.6 Å². The van der Waals surface area contributed by atoms with Crippen molar-refractivity contribution in [3.63, 3.8) is 0 Å². The fourth-order valence-corrected chi connectivity index (χ4v) is 2.57. The van der Waals surface area contributed by atoms with Crippen molar-refractivity contribution in [2.45, 2.75) is 39.7 Å². The van der Waals surface area contributed by atoms with Gasteiger partial charge in [0, 0.05) is 19.1 Å². The summed E-state index contributed by atoms with van der Waals surface area (Å²) in [5.74, 6) is 0.523. The van der Waals surface area contributed by atoms with Gasteiger partial charge in [0.1, 0.15) is 6.54 Å². The van der Waals surface area contributed by atoms with Gasteiger partial charge >= 0.3 is 6.03 Å². The van der Waals surface area contributed by atoms with Gasteiger partial charge in [-0.2, -0.15) is 0 Å².